The van der Waals surface area contributed by atoms with Gasteiger partial charge < -0.3 is 9.84 Å². The van der Waals surface area contributed by atoms with E-state index in [1.165, 1.54) is 6.20 Å². The second-order valence-electron chi connectivity index (χ2n) is 3.88. The summed E-state index contributed by atoms with van der Waals surface area (Å²) in [6.07, 6.45) is 1.40. The van der Waals surface area contributed by atoms with Crippen LogP contribution in [-0.4, -0.2) is 17.6 Å². The zero-order valence-corrected chi connectivity index (χ0v) is 10.6. The standard InChI is InChI=1S/C13H13ClN2O2/c1-9-11(7-16-18-9)13(17)15-8-12(14)10-5-3-2-4-6-10/h2-7,12H,8H2,1H3,(H,15,17). The van der Waals surface area contributed by atoms with Crippen molar-refractivity contribution in [3.05, 3.63) is 53.4 Å². The SMILES string of the molecule is Cc1oncc1C(=O)NCC(Cl)c1ccccc1. The average molecular weight is 265 g/mol. The van der Waals surface area contributed by atoms with Gasteiger partial charge in [0.25, 0.3) is 5.91 Å². The summed E-state index contributed by atoms with van der Waals surface area (Å²) in [5, 5.41) is 6.06. The molecule has 2 rings (SSSR count). The van der Waals surface area contributed by atoms with E-state index in [2.05, 4.69) is 10.5 Å². The van der Waals surface area contributed by atoms with Gasteiger partial charge in [0.05, 0.1) is 11.6 Å². The number of alkyl halides is 1. The van der Waals surface area contributed by atoms with Crippen molar-refractivity contribution in [2.24, 2.45) is 0 Å². The molecule has 0 spiro atoms. The van der Waals surface area contributed by atoms with Crippen LogP contribution in [0.25, 0.3) is 0 Å². The van der Waals surface area contributed by atoms with Gasteiger partial charge in [-0.05, 0) is 12.5 Å². The molecule has 0 aliphatic heterocycles. The minimum absolute atomic E-state index is 0.227. The van der Waals surface area contributed by atoms with Crippen LogP contribution in [0.15, 0.2) is 41.1 Å². The number of carbonyl (C=O) groups excluding carboxylic acids is 1. The predicted molar refractivity (Wildman–Crippen MR) is 68.6 cm³/mol. The van der Waals surface area contributed by atoms with E-state index in [-0.39, 0.29) is 11.3 Å². The van der Waals surface area contributed by atoms with Crippen molar-refractivity contribution in [1.29, 1.82) is 0 Å². The first-order chi connectivity index (χ1) is 8.68. The van der Waals surface area contributed by atoms with Crippen molar-refractivity contribution in [3.63, 3.8) is 0 Å². The Bertz CT molecular complexity index is 525. The average Bonchev–Trinajstić information content (AvgIpc) is 2.83. The summed E-state index contributed by atoms with van der Waals surface area (Å²) in [4.78, 5) is 11.8. The van der Waals surface area contributed by atoms with Gasteiger partial charge in [0.2, 0.25) is 0 Å². The summed E-state index contributed by atoms with van der Waals surface area (Å²) < 4.78 is 4.83. The highest BCUT2D eigenvalue weighted by atomic mass is 35.5. The minimum atomic E-state index is -0.254. The summed E-state index contributed by atoms with van der Waals surface area (Å²) in [6.45, 7) is 2.05. The van der Waals surface area contributed by atoms with Gasteiger partial charge in [-0.1, -0.05) is 35.5 Å². The van der Waals surface area contributed by atoms with E-state index in [4.69, 9.17) is 16.1 Å². The number of hydrogen-bond acceptors (Lipinski definition) is 3. The van der Waals surface area contributed by atoms with Crippen LogP contribution in [0.3, 0.4) is 0 Å². The third-order valence-corrected chi connectivity index (χ3v) is 3.00. The molecule has 1 N–H and O–H groups in total. The largest absolute Gasteiger partial charge is 0.361 e. The molecule has 18 heavy (non-hydrogen) atoms. The molecular weight excluding hydrogens is 252 g/mol. The van der Waals surface area contributed by atoms with Crippen molar-refractivity contribution in [1.82, 2.24) is 10.5 Å². The topological polar surface area (TPSA) is 55.1 Å². The van der Waals surface area contributed by atoms with E-state index in [1.54, 1.807) is 6.92 Å². The minimum Gasteiger partial charge on any atom is -0.361 e. The summed E-state index contributed by atoms with van der Waals surface area (Å²) in [5.74, 6) is 0.272. The number of halogens is 1. The number of nitrogens with one attached hydrogen (secondary N) is 1. The van der Waals surface area contributed by atoms with Crippen molar-refractivity contribution >= 4 is 17.5 Å². The Hall–Kier alpha value is -1.81. The molecular formula is C13H13ClN2O2. The molecule has 1 unspecified atom stereocenters. The maximum Gasteiger partial charge on any atom is 0.256 e. The number of benzene rings is 1. The number of carbonyl (C=O) groups is 1. The Balaban J connectivity index is 1.93. The fourth-order valence-corrected chi connectivity index (χ4v) is 1.80. The Morgan fingerprint density at radius 1 is 1.44 bits per heavy atom. The molecule has 1 heterocycles. The molecule has 94 valence electrons. The summed E-state index contributed by atoms with van der Waals surface area (Å²) in [7, 11) is 0. The van der Waals surface area contributed by atoms with Crippen LogP contribution in [0.2, 0.25) is 0 Å². The molecule has 0 bridgehead atoms. The van der Waals surface area contributed by atoms with Gasteiger partial charge in [-0.2, -0.15) is 0 Å². The summed E-state index contributed by atoms with van der Waals surface area (Å²) in [5.41, 5.74) is 1.41. The molecule has 1 aromatic carbocycles. The fourth-order valence-electron chi connectivity index (χ4n) is 1.57. The van der Waals surface area contributed by atoms with Gasteiger partial charge in [0, 0.05) is 6.54 Å². The maximum atomic E-state index is 11.8. The summed E-state index contributed by atoms with van der Waals surface area (Å²) in [6, 6.07) is 9.60. The molecule has 4 nitrogen and oxygen atoms in total. The molecule has 0 aliphatic rings. The second kappa shape index (κ2) is 5.69. The molecule has 0 aliphatic carbocycles. The molecule has 5 heteroatoms. The van der Waals surface area contributed by atoms with Crippen LogP contribution in [0.1, 0.15) is 27.1 Å². The first kappa shape index (κ1) is 12.6. The number of amides is 1. The highest BCUT2D eigenvalue weighted by Crippen LogP contribution is 2.18. The molecule has 0 saturated heterocycles. The highest BCUT2D eigenvalue weighted by Gasteiger charge is 2.14. The lowest BCUT2D eigenvalue weighted by Crippen LogP contribution is -2.27. The Kier molecular flexibility index (Phi) is 3.99. The second-order valence-corrected chi connectivity index (χ2v) is 4.41. The quantitative estimate of drug-likeness (QED) is 0.864. The number of nitrogens with zero attached hydrogens (tertiary/aromatic N) is 1. The van der Waals surface area contributed by atoms with Crippen LogP contribution >= 0.6 is 11.6 Å². The number of aromatic nitrogens is 1. The smallest absolute Gasteiger partial charge is 0.256 e. The monoisotopic (exact) mass is 264 g/mol. The normalized spacial score (nSPS) is 12.1. The van der Waals surface area contributed by atoms with E-state index in [9.17, 15) is 4.79 Å². The Morgan fingerprint density at radius 2 is 2.17 bits per heavy atom. The van der Waals surface area contributed by atoms with Crippen molar-refractivity contribution in [3.8, 4) is 0 Å². The zero-order chi connectivity index (χ0) is 13.0. The predicted octanol–water partition coefficient (Wildman–Crippen LogP) is 2.69. The van der Waals surface area contributed by atoms with Crippen LogP contribution < -0.4 is 5.32 Å². The van der Waals surface area contributed by atoms with E-state index in [0.29, 0.717) is 17.9 Å². The van der Waals surface area contributed by atoms with Crippen LogP contribution in [0.5, 0.6) is 0 Å². The lowest BCUT2D eigenvalue weighted by Gasteiger charge is -2.10. The van der Waals surface area contributed by atoms with Gasteiger partial charge in [0.15, 0.2) is 0 Å². The number of aryl methyl sites for hydroxylation is 1. The Labute approximate surface area is 110 Å². The first-order valence-corrected chi connectivity index (χ1v) is 6.00. The van der Waals surface area contributed by atoms with Crippen molar-refractivity contribution in [2.75, 3.05) is 6.54 Å². The number of hydrogen-bond donors (Lipinski definition) is 1. The third-order valence-electron chi connectivity index (χ3n) is 2.60. The third kappa shape index (κ3) is 2.90. The van der Waals surface area contributed by atoms with Gasteiger partial charge in [-0.25, -0.2) is 0 Å². The molecule has 1 atom stereocenters. The number of rotatable bonds is 4. The molecule has 0 radical (unpaired) electrons. The highest BCUT2D eigenvalue weighted by molar-refractivity contribution is 6.21. The van der Waals surface area contributed by atoms with Crippen molar-refractivity contribution in [2.45, 2.75) is 12.3 Å². The van der Waals surface area contributed by atoms with Gasteiger partial charge >= 0.3 is 0 Å². The molecule has 1 aromatic heterocycles. The summed E-state index contributed by atoms with van der Waals surface area (Å²) >= 11 is 6.20. The molecule has 0 saturated carbocycles. The van der Waals surface area contributed by atoms with Gasteiger partial charge in [0.1, 0.15) is 11.3 Å². The van der Waals surface area contributed by atoms with Crippen LogP contribution in [0.4, 0.5) is 0 Å². The molecule has 0 fully saturated rings. The van der Waals surface area contributed by atoms with E-state index in [0.717, 1.165) is 5.56 Å². The first-order valence-electron chi connectivity index (χ1n) is 5.57. The molecule has 2 aromatic rings. The van der Waals surface area contributed by atoms with E-state index in [1.807, 2.05) is 30.3 Å². The lowest BCUT2D eigenvalue weighted by molar-refractivity contribution is 0.0952. The molecule has 1 amide bonds. The maximum absolute atomic E-state index is 11.8. The van der Waals surface area contributed by atoms with Crippen LogP contribution in [0, 0.1) is 6.92 Å². The lowest BCUT2D eigenvalue weighted by atomic mass is 10.1. The zero-order valence-electron chi connectivity index (χ0n) is 9.89. The van der Waals surface area contributed by atoms with Crippen molar-refractivity contribution < 1.29 is 9.32 Å². The van der Waals surface area contributed by atoms with E-state index >= 15 is 0 Å². The van der Waals surface area contributed by atoms with E-state index < -0.39 is 0 Å². The Morgan fingerprint density at radius 3 is 2.78 bits per heavy atom. The van der Waals surface area contributed by atoms with Gasteiger partial charge in [-0.15, -0.1) is 11.6 Å². The fraction of sp³-hybridized carbons (Fsp3) is 0.231. The van der Waals surface area contributed by atoms with Crippen LogP contribution in [-0.2, 0) is 0 Å². The van der Waals surface area contributed by atoms with Gasteiger partial charge in [-0.3, -0.25) is 4.79 Å².